The zero-order valence-electron chi connectivity index (χ0n) is 20.0. The lowest BCUT2D eigenvalue weighted by molar-refractivity contribution is -0.136. The number of amides is 3. The number of urea groups is 1. The van der Waals surface area contributed by atoms with E-state index in [1.807, 2.05) is 18.4 Å². The topological polar surface area (TPSA) is 97.4 Å². The fourth-order valence-electron chi connectivity index (χ4n) is 6.26. The third kappa shape index (κ3) is 3.65. The van der Waals surface area contributed by atoms with Crippen molar-refractivity contribution >= 4 is 17.7 Å². The number of carbonyl (C=O) groups excluding carboxylic acids is 3. The highest BCUT2D eigenvalue weighted by atomic mass is 16.5. The Morgan fingerprint density at radius 3 is 2.25 bits per heavy atom. The summed E-state index contributed by atoms with van der Waals surface area (Å²) in [5, 5.41) is 6.99. The molecule has 3 amide bonds. The van der Waals surface area contributed by atoms with E-state index in [-0.39, 0.29) is 29.1 Å². The van der Waals surface area contributed by atoms with Crippen LogP contribution >= 0.6 is 0 Å². The molecule has 2 aromatic rings. The third-order valence-electron chi connectivity index (χ3n) is 6.64. The van der Waals surface area contributed by atoms with Crippen LogP contribution in [-0.4, -0.2) is 44.4 Å². The highest BCUT2D eigenvalue weighted by Crippen LogP contribution is 2.51. The van der Waals surface area contributed by atoms with Gasteiger partial charge in [0.1, 0.15) is 11.3 Å². The third-order valence-corrected chi connectivity index (χ3v) is 6.64. The van der Waals surface area contributed by atoms with Gasteiger partial charge in [-0.3, -0.25) is 19.1 Å². The van der Waals surface area contributed by atoms with E-state index in [9.17, 15) is 14.4 Å². The second-order valence-electron chi connectivity index (χ2n) is 11.1. The molecule has 1 N–H and O–H groups in total. The average Bonchev–Trinajstić information content (AvgIpc) is 3.23. The number of nitrogens with one attached hydrogen (secondary N) is 1. The largest absolute Gasteiger partial charge is 0.360 e. The average molecular weight is 441 g/mol. The van der Waals surface area contributed by atoms with Crippen LogP contribution in [0, 0.1) is 31.6 Å². The summed E-state index contributed by atoms with van der Waals surface area (Å²) in [7, 11) is 0. The van der Waals surface area contributed by atoms with Crippen LogP contribution in [0.2, 0.25) is 0 Å². The Labute approximate surface area is 188 Å². The van der Waals surface area contributed by atoms with Crippen molar-refractivity contribution in [3.8, 4) is 5.82 Å². The summed E-state index contributed by atoms with van der Waals surface area (Å²) < 4.78 is 7.01. The van der Waals surface area contributed by atoms with E-state index >= 15 is 0 Å². The smallest absolute Gasteiger partial charge is 0.325 e. The van der Waals surface area contributed by atoms with Crippen molar-refractivity contribution in [2.45, 2.75) is 73.3 Å². The molecule has 8 heteroatoms. The molecule has 32 heavy (non-hydrogen) atoms. The lowest BCUT2D eigenvalue weighted by atomic mass is 9.58. The maximum atomic E-state index is 13.5. The Bertz CT molecular complexity index is 1110. The molecule has 1 aliphatic carbocycles. The summed E-state index contributed by atoms with van der Waals surface area (Å²) in [4.78, 5) is 40.6. The Kier molecular flexibility index (Phi) is 4.91. The molecule has 4 rings (SSSR count). The Morgan fingerprint density at radius 1 is 1.06 bits per heavy atom. The first-order chi connectivity index (χ1) is 14.7. The molecule has 2 aliphatic rings. The molecular formula is C24H32N4O4. The number of ketones is 1. The van der Waals surface area contributed by atoms with E-state index in [1.165, 1.54) is 0 Å². The molecule has 1 saturated carbocycles. The fourth-order valence-corrected chi connectivity index (χ4v) is 6.26. The van der Waals surface area contributed by atoms with E-state index < -0.39 is 11.6 Å². The van der Waals surface area contributed by atoms with Gasteiger partial charge in [0.15, 0.2) is 11.6 Å². The molecule has 3 heterocycles. The van der Waals surface area contributed by atoms with Crippen molar-refractivity contribution in [1.29, 1.82) is 0 Å². The maximum Gasteiger partial charge on any atom is 0.325 e. The van der Waals surface area contributed by atoms with Crippen molar-refractivity contribution in [3.05, 3.63) is 34.8 Å². The van der Waals surface area contributed by atoms with Crippen molar-refractivity contribution in [3.63, 3.8) is 0 Å². The lowest BCUT2D eigenvalue weighted by Gasteiger charge is -2.48. The number of carbonyl (C=O) groups is 3. The monoisotopic (exact) mass is 440 g/mol. The van der Waals surface area contributed by atoms with Crippen LogP contribution in [0.3, 0.4) is 0 Å². The van der Waals surface area contributed by atoms with Gasteiger partial charge < -0.3 is 9.84 Å². The molecule has 8 nitrogen and oxygen atoms in total. The van der Waals surface area contributed by atoms with Gasteiger partial charge in [-0.2, -0.15) is 0 Å². The number of hydrogen-bond acceptors (Lipinski definition) is 5. The van der Waals surface area contributed by atoms with Crippen LogP contribution in [0.1, 0.15) is 74.5 Å². The van der Waals surface area contributed by atoms with E-state index in [1.54, 1.807) is 19.1 Å². The first kappa shape index (κ1) is 22.3. The quantitative estimate of drug-likeness (QED) is 0.570. The Hall–Kier alpha value is -2.90. The Morgan fingerprint density at radius 2 is 1.69 bits per heavy atom. The highest BCUT2D eigenvalue weighted by molar-refractivity contribution is 6.11. The predicted molar refractivity (Wildman–Crippen MR) is 119 cm³/mol. The van der Waals surface area contributed by atoms with Gasteiger partial charge in [0, 0.05) is 23.0 Å². The molecule has 2 aromatic heterocycles. The zero-order valence-corrected chi connectivity index (χ0v) is 20.0. The molecule has 0 atom stereocenters. The standard InChI is InChI=1S/C24H32N4O4/c1-14-8-17(16(3)28(14)19-9-15(2)32-26-19)18(29)10-27-20(30)24(25-21(27)31)12-22(4,5)11-23(6,7)13-24/h8-9H,10-13H2,1-7H3,(H,25,31). The summed E-state index contributed by atoms with van der Waals surface area (Å²) >= 11 is 0. The number of Topliss-reactive ketones (excluding diaryl/α,β-unsaturated/α-hetero) is 1. The van der Waals surface area contributed by atoms with Crippen LogP contribution in [0.5, 0.6) is 0 Å². The molecule has 0 aromatic carbocycles. The first-order valence-corrected chi connectivity index (χ1v) is 11.0. The number of rotatable bonds is 4. The number of nitrogens with zero attached hydrogens (tertiary/aromatic N) is 3. The van der Waals surface area contributed by atoms with Crippen LogP contribution in [0.15, 0.2) is 16.7 Å². The van der Waals surface area contributed by atoms with Gasteiger partial charge in [-0.1, -0.05) is 32.9 Å². The highest BCUT2D eigenvalue weighted by Gasteiger charge is 2.58. The first-order valence-electron chi connectivity index (χ1n) is 11.0. The van der Waals surface area contributed by atoms with E-state index in [0.29, 0.717) is 35.7 Å². The SMILES string of the molecule is Cc1cc(-n2c(C)cc(C(=O)CN3C(=O)NC4(CC(C)(C)CC(C)(C)C4)C3=O)c2C)no1. The van der Waals surface area contributed by atoms with Gasteiger partial charge in [-0.25, -0.2) is 4.79 Å². The molecule has 1 spiro atoms. The summed E-state index contributed by atoms with van der Waals surface area (Å²) in [6.07, 6.45) is 2.11. The number of aryl methyl sites for hydroxylation is 2. The van der Waals surface area contributed by atoms with Gasteiger partial charge in [0.05, 0.1) is 6.54 Å². The Balaban J connectivity index is 1.60. The van der Waals surface area contributed by atoms with Crippen molar-refractivity contribution in [2.75, 3.05) is 6.54 Å². The van der Waals surface area contributed by atoms with Gasteiger partial charge in [0.2, 0.25) is 0 Å². The molecule has 0 radical (unpaired) electrons. The van der Waals surface area contributed by atoms with Crippen molar-refractivity contribution < 1.29 is 18.9 Å². The van der Waals surface area contributed by atoms with Crippen molar-refractivity contribution in [1.82, 2.24) is 19.9 Å². The fraction of sp³-hybridized carbons (Fsp3) is 0.583. The minimum absolute atomic E-state index is 0.0919. The van der Waals surface area contributed by atoms with Gasteiger partial charge >= 0.3 is 6.03 Å². The van der Waals surface area contributed by atoms with Gasteiger partial charge in [-0.05, 0) is 56.9 Å². The molecule has 0 bridgehead atoms. The lowest BCUT2D eigenvalue weighted by Crippen LogP contribution is -2.56. The number of imide groups is 1. The summed E-state index contributed by atoms with van der Waals surface area (Å²) in [6.45, 7) is 13.7. The van der Waals surface area contributed by atoms with Crippen LogP contribution in [-0.2, 0) is 4.79 Å². The minimum atomic E-state index is -0.947. The van der Waals surface area contributed by atoms with E-state index in [4.69, 9.17) is 4.52 Å². The van der Waals surface area contributed by atoms with E-state index in [2.05, 4.69) is 38.2 Å². The van der Waals surface area contributed by atoms with Gasteiger partial charge in [0.25, 0.3) is 5.91 Å². The van der Waals surface area contributed by atoms with Crippen LogP contribution in [0.4, 0.5) is 4.79 Å². The number of hydrogen-bond donors (Lipinski definition) is 1. The number of aromatic nitrogens is 2. The van der Waals surface area contributed by atoms with E-state index in [0.717, 1.165) is 17.0 Å². The minimum Gasteiger partial charge on any atom is -0.360 e. The maximum absolute atomic E-state index is 13.5. The molecule has 0 unspecified atom stereocenters. The summed E-state index contributed by atoms with van der Waals surface area (Å²) in [5.41, 5.74) is 0.856. The molecule has 1 saturated heterocycles. The summed E-state index contributed by atoms with van der Waals surface area (Å²) in [5.74, 6) is 0.692. The second kappa shape index (κ2) is 7.05. The van der Waals surface area contributed by atoms with Crippen molar-refractivity contribution in [2.24, 2.45) is 10.8 Å². The predicted octanol–water partition coefficient (Wildman–Crippen LogP) is 4.10. The molecule has 2 fully saturated rings. The molecule has 1 aliphatic heterocycles. The second-order valence-corrected chi connectivity index (χ2v) is 11.1. The van der Waals surface area contributed by atoms with Gasteiger partial charge in [-0.15, -0.1) is 0 Å². The normalized spacial score (nSPS) is 21.3. The zero-order chi connectivity index (χ0) is 23.6. The molecular weight excluding hydrogens is 408 g/mol. The van der Waals surface area contributed by atoms with Crippen LogP contribution < -0.4 is 5.32 Å². The molecule has 172 valence electrons. The van der Waals surface area contributed by atoms with Crippen LogP contribution in [0.25, 0.3) is 5.82 Å². The summed E-state index contributed by atoms with van der Waals surface area (Å²) in [6, 6.07) is 3.07.